The van der Waals surface area contributed by atoms with Crippen LogP contribution in [0, 0.1) is 0 Å². The number of carbonyl (C=O) groups is 1. The molecule has 0 radical (unpaired) electrons. The molecular weight excluding hydrogens is 438 g/mol. The van der Waals surface area contributed by atoms with Gasteiger partial charge < -0.3 is 14.6 Å². The van der Waals surface area contributed by atoms with E-state index in [1.165, 1.54) is 10.8 Å². The van der Waals surface area contributed by atoms with E-state index in [0.29, 0.717) is 29.8 Å². The number of aliphatic carboxylic acids is 1. The van der Waals surface area contributed by atoms with Gasteiger partial charge in [0.15, 0.2) is 11.6 Å². The molecular formula is C25H21N3O4S. The lowest BCUT2D eigenvalue weighted by Gasteiger charge is -2.14. The van der Waals surface area contributed by atoms with Crippen molar-refractivity contribution >= 4 is 34.3 Å². The quantitative estimate of drug-likeness (QED) is 0.349. The lowest BCUT2D eigenvalue weighted by molar-refractivity contribution is -0.133. The summed E-state index contributed by atoms with van der Waals surface area (Å²) in [6, 6.07) is 22.5. The molecule has 5 rings (SSSR count). The summed E-state index contributed by atoms with van der Waals surface area (Å²) < 4.78 is 12.1. The molecule has 1 atom stereocenters. The maximum atomic E-state index is 10.7. The summed E-state index contributed by atoms with van der Waals surface area (Å²) in [5, 5.41) is 18.4. The van der Waals surface area contributed by atoms with Crippen molar-refractivity contribution in [1.29, 1.82) is 0 Å². The Morgan fingerprint density at radius 2 is 2.00 bits per heavy atom. The minimum absolute atomic E-state index is 0.0914. The number of aromatic amines is 1. The Labute approximate surface area is 194 Å². The van der Waals surface area contributed by atoms with Gasteiger partial charge in [-0.1, -0.05) is 60.3 Å². The molecule has 166 valence electrons. The van der Waals surface area contributed by atoms with Crippen LogP contribution in [-0.4, -0.2) is 32.0 Å². The van der Waals surface area contributed by atoms with E-state index in [-0.39, 0.29) is 11.9 Å². The van der Waals surface area contributed by atoms with Crippen molar-refractivity contribution in [1.82, 2.24) is 15.2 Å². The molecule has 33 heavy (non-hydrogen) atoms. The van der Waals surface area contributed by atoms with Gasteiger partial charge in [-0.25, -0.2) is 0 Å². The molecule has 0 bridgehead atoms. The van der Waals surface area contributed by atoms with Gasteiger partial charge in [-0.3, -0.25) is 9.89 Å². The van der Waals surface area contributed by atoms with E-state index in [1.807, 2.05) is 42.5 Å². The Kier molecular flexibility index (Phi) is 5.99. The number of carboxylic acids is 1. The molecule has 1 aliphatic heterocycles. The number of benzene rings is 3. The molecule has 7 nitrogen and oxygen atoms in total. The number of aromatic nitrogens is 3. The van der Waals surface area contributed by atoms with Crippen LogP contribution in [0.1, 0.15) is 29.5 Å². The fourth-order valence-corrected chi connectivity index (χ4v) is 4.19. The van der Waals surface area contributed by atoms with Gasteiger partial charge in [-0.2, -0.15) is 4.98 Å². The number of hydrogen-bond donors (Lipinski definition) is 2. The van der Waals surface area contributed by atoms with Crippen LogP contribution in [0.3, 0.4) is 0 Å². The molecule has 0 fully saturated rings. The Bertz CT molecular complexity index is 1330. The van der Waals surface area contributed by atoms with Gasteiger partial charge in [-0.15, -0.1) is 5.10 Å². The SMILES string of the molecule is O=C(O)CSc1n[nH]c(C2=CCC(c3cccc(OCc4ccc5ccccc5c4)c3)O2)n1. The van der Waals surface area contributed by atoms with E-state index >= 15 is 0 Å². The number of thioether (sulfide) groups is 1. The van der Waals surface area contributed by atoms with Crippen molar-refractivity contribution in [2.45, 2.75) is 24.3 Å². The van der Waals surface area contributed by atoms with Crippen molar-refractivity contribution < 1.29 is 19.4 Å². The number of rotatable bonds is 8. The standard InChI is InChI=1S/C25H21N3O4S/c29-23(30)15-33-25-26-24(27-28-25)22-11-10-21(32-22)19-6-3-7-20(13-19)31-14-16-8-9-17-4-1-2-5-18(17)12-16/h1-9,11-13,21H,10,14-15H2,(H,29,30)(H,26,27,28). The van der Waals surface area contributed by atoms with Gasteiger partial charge in [0.25, 0.3) is 0 Å². The highest BCUT2D eigenvalue weighted by Gasteiger charge is 2.24. The van der Waals surface area contributed by atoms with Crippen LogP contribution < -0.4 is 4.74 Å². The van der Waals surface area contributed by atoms with Crippen LogP contribution in [0.4, 0.5) is 0 Å². The van der Waals surface area contributed by atoms with Crippen molar-refractivity contribution in [3.63, 3.8) is 0 Å². The smallest absolute Gasteiger partial charge is 0.313 e. The summed E-state index contributed by atoms with van der Waals surface area (Å²) in [7, 11) is 0. The zero-order valence-corrected chi connectivity index (χ0v) is 18.4. The minimum atomic E-state index is -0.912. The molecule has 1 aromatic heterocycles. The molecule has 4 aromatic rings. The molecule has 2 heterocycles. The molecule has 0 amide bonds. The largest absolute Gasteiger partial charge is 0.489 e. The molecule has 8 heteroatoms. The maximum Gasteiger partial charge on any atom is 0.313 e. The molecule has 3 aromatic carbocycles. The first kappa shape index (κ1) is 21.1. The fourth-order valence-electron chi connectivity index (χ4n) is 3.67. The average Bonchev–Trinajstić information content (AvgIpc) is 3.51. The zero-order valence-electron chi connectivity index (χ0n) is 17.6. The molecule has 0 aliphatic carbocycles. The number of hydrogen-bond acceptors (Lipinski definition) is 6. The summed E-state index contributed by atoms with van der Waals surface area (Å²) >= 11 is 1.06. The highest BCUT2D eigenvalue weighted by molar-refractivity contribution is 7.99. The van der Waals surface area contributed by atoms with Gasteiger partial charge >= 0.3 is 5.97 Å². The van der Waals surface area contributed by atoms with Crippen LogP contribution in [0.25, 0.3) is 16.5 Å². The third-order valence-corrected chi connectivity index (χ3v) is 6.09. The van der Waals surface area contributed by atoms with Gasteiger partial charge in [0.2, 0.25) is 5.16 Å². The predicted molar refractivity (Wildman–Crippen MR) is 126 cm³/mol. The molecule has 0 saturated carbocycles. The highest BCUT2D eigenvalue weighted by atomic mass is 32.2. The van der Waals surface area contributed by atoms with Crippen LogP contribution in [-0.2, 0) is 16.1 Å². The Morgan fingerprint density at radius 3 is 2.88 bits per heavy atom. The van der Waals surface area contributed by atoms with E-state index < -0.39 is 5.97 Å². The van der Waals surface area contributed by atoms with Gasteiger partial charge in [0.05, 0.1) is 5.75 Å². The summed E-state index contributed by atoms with van der Waals surface area (Å²) in [6.07, 6.45) is 2.51. The Balaban J connectivity index is 1.21. The lowest BCUT2D eigenvalue weighted by Crippen LogP contribution is -2.00. The van der Waals surface area contributed by atoms with Crippen LogP contribution in [0.15, 0.2) is 78.0 Å². The lowest BCUT2D eigenvalue weighted by atomic mass is 10.1. The van der Waals surface area contributed by atoms with Crippen LogP contribution >= 0.6 is 11.8 Å². The zero-order chi connectivity index (χ0) is 22.6. The topological polar surface area (TPSA) is 97.3 Å². The van der Waals surface area contributed by atoms with Gasteiger partial charge in [-0.05, 0) is 46.2 Å². The monoisotopic (exact) mass is 459 g/mol. The summed E-state index contributed by atoms with van der Waals surface area (Å²) in [5.41, 5.74) is 2.12. The number of nitrogens with one attached hydrogen (secondary N) is 1. The van der Waals surface area contributed by atoms with E-state index in [1.54, 1.807) is 0 Å². The maximum absolute atomic E-state index is 10.7. The first-order valence-corrected chi connectivity index (χ1v) is 11.5. The predicted octanol–water partition coefficient (Wildman–Crippen LogP) is 5.22. The minimum Gasteiger partial charge on any atom is -0.489 e. The molecule has 0 saturated heterocycles. The van der Waals surface area contributed by atoms with Gasteiger partial charge in [0, 0.05) is 6.42 Å². The van der Waals surface area contributed by atoms with Crippen LogP contribution in [0.5, 0.6) is 5.75 Å². The van der Waals surface area contributed by atoms with E-state index in [9.17, 15) is 4.79 Å². The van der Waals surface area contributed by atoms with Crippen molar-refractivity contribution in [2.75, 3.05) is 5.75 Å². The Morgan fingerprint density at radius 1 is 1.12 bits per heavy atom. The van der Waals surface area contributed by atoms with Crippen molar-refractivity contribution in [2.24, 2.45) is 0 Å². The molecule has 0 spiro atoms. The number of fused-ring (bicyclic) bond motifs is 1. The third kappa shape index (κ3) is 5.01. The molecule has 2 N–H and O–H groups in total. The van der Waals surface area contributed by atoms with Crippen molar-refractivity contribution in [3.8, 4) is 5.75 Å². The third-order valence-electron chi connectivity index (χ3n) is 5.26. The number of carboxylic acid groups (broad SMARTS) is 1. The van der Waals surface area contributed by atoms with E-state index in [2.05, 4.69) is 45.5 Å². The van der Waals surface area contributed by atoms with Crippen molar-refractivity contribution in [3.05, 3.63) is 89.8 Å². The van der Waals surface area contributed by atoms with E-state index in [0.717, 1.165) is 28.6 Å². The first-order valence-electron chi connectivity index (χ1n) is 10.5. The average molecular weight is 460 g/mol. The highest BCUT2D eigenvalue weighted by Crippen LogP contribution is 2.36. The van der Waals surface area contributed by atoms with E-state index in [4.69, 9.17) is 14.6 Å². The summed E-state index contributed by atoms with van der Waals surface area (Å²) in [4.78, 5) is 15.0. The van der Waals surface area contributed by atoms with Crippen LogP contribution in [0.2, 0.25) is 0 Å². The van der Waals surface area contributed by atoms with Gasteiger partial charge in [0.1, 0.15) is 18.5 Å². The summed E-state index contributed by atoms with van der Waals surface area (Å²) in [5.74, 6) is 0.882. The normalized spacial score (nSPS) is 15.3. The molecule has 1 unspecified atom stereocenters. The number of ether oxygens (including phenoxy) is 2. The second-order valence-corrected chi connectivity index (χ2v) is 8.54. The fraction of sp³-hybridized carbons (Fsp3) is 0.160. The summed E-state index contributed by atoms with van der Waals surface area (Å²) in [6.45, 7) is 0.484. The first-order chi connectivity index (χ1) is 16.1. The number of H-pyrrole nitrogens is 1. The second kappa shape index (κ2) is 9.38. The number of nitrogens with zero attached hydrogens (tertiary/aromatic N) is 2. The molecule has 1 aliphatic rings. The second-order valence-electron chi connectivity index (χ2n) is 7.60. The Hall–Kier alpha value is -3.78.